The number of fused-ring (bicyclic) bond motifs is 1. The first-order valence-electron chi connectivity index (χ1n) is 5.90. The molecule has 1 aromatic heterocycles. The Morgan fingerprint density at radius 3 is 2.58 bits per heavy atom. The number of hydrogen-bond acceptors (Lipinski definition) is 2. The van der Waals surface area contributed by atoms with Crippen molar-refractivity contribution in [1.29, 1.82) is 0 Å². The molecule has 2 aromatic rings. The third kappa shape index (κ3) is 2.79. The molecule has 3 nitrogen and oxygen atoms in total. The fourth-order valence-corrected chi connectivity index (χ4v) is 2.56. The maximum atomic E-state index is 12.3. The van der Waals surface area contributed by atoms with Crippen LogP contribution >= 0.6 is 27.5 Å². The summed E-state index contributed by atoms with van der Waals surface area (Å²) in [6.45, 7) is 7.40. The zero-order chi connectivity index (χ0) is 14.4. The van der Waals surface area contributed by atoms with Gasteiger partial charge < -0.3 is 4.74 Å². The van der Waals surface area contributed by atoms with E-state index in [4.69, 9.17) is 16.3 Å². The van der Waals surface area contributed by atoms with Gasteiger partial charge in [-0.05, 0) is 61.8 Å². The van der Waals surface area contributed by atoms with Gasteiger partial charge in [0, 0.05) is 20.6 Å². The van der Waals surface area contributed by atoms with E-state index in [1.165, 1.54) is 0 Å². The molecule has 19 heavy (non-hydrogen) atoms. The van der Waals surface area contributed by atoms with Crippen LogP contribution in [-0.2, 0) is 4.74 Å². The first kappa shape index (κ1) is 14.4. The Kier molecular flexibility index (Phi) is 3.67. The van der Waals surface area contributed by atoms with Gasteiger partial charge in [0.25, 0.3) is 0 Å². The van der Waals surface area contributed by atoms with Crippen molar-refractivity contribution in [2.24, 2.45) is 0 Å². The predicted octanol–water partition coefficient (Wildman–Crippen LogP) is 5.15. The lowest BCUT2D eigenvalue weighted by Crippen LogP contribution is -2.27. The number of aromatic nitrogens is 1. The number of carbonyl (C=O) groups excluding carboxylic acids is 1. The minimum atomic E-state index is -0.529. The molecule has 0 bridgehead atoms. The largest absolute Gasteiger partial charge is 0.443 e. The van der Waals surface area contributed by atoms with E-state index in [9.17, 15) is 4.79 Å². The second-order valence-corrected chi connectivity index (χ2v) is 6.61. The van der Waals surface area contributed by atoms with E-state index in [-0.39, 0.29) is 6.09 Å². The highest BCUT2D eigenvalue weighted by atomic mass is 79.9. The van der Waals surface area contributed by atoms with Crippen LogP contribution in [0.4, 0.5) is 4.79 Å². The van der Waals surface area contributed by atoms with Gasteiger partial charge in [-0.3, -0.25) is 0 Å². The van der Waals surface area contributed by atoms with Gasteiger partial charge in [0.05, 0.1) is 5.52 Å². The van der Waals surface area contributed by atoms with Crippen molar-refractivity contribution in [1.82, 2.24) is 4.57 Å². The highest BCUT2D eigenvalue weighted by molar-refractivity contribution is 9.10. The standard InChI is InChI=1S/C14H15BrClNO2/c1-8-12(15)10-7-9(16)5-6-11(10)17(8)13(18)19-14(2,3)4/h5-7H,1-4H3. The summed E-state index contributed by atoms with van der Waals surface area (Å²) in [4.78, 5) is 12.3. The third-order valence-corrected chi connectivity index (χ3v) is 3.90. The maximum absolute atomic E-state index is 12.3. The fourth-order valence-electron chi connectivity index (χ4n) is 1.90. The van der Waals surface area contributed by atoms with Crippen molar-refractivity contribution in [3.05, 3.63) is 33.4 Å². The Hall–Kier alpha value is -1.00. The molecule has 2 rings (SSSR count). The van der Waals surface area contributed by atoms with Gasteiger partial charge in [-0.1, -0.05) is 11.6 Å². The summed E-state index contributed by atoms with van der Waals surface area (Å²) < 4.78 is 7.84. The Morgan fingerprint density at radius 1 is 1.37 bits per heavy atom. The molecule has 102 valence electrons. The van der Waals surface area contributed by atoms with Crippen LogP contribution in [0.1, 0.15) is 26.5 Å². The summed E-state index contributed by atoms with van der Waals surface area (Å²) in [6, 6.07) is 5.41. The molecule has 0 atom stereocenters. The van der Waals surface area contributed by atoms with E-state index < -0.39 is 5.60 Å². The Morgan fingerprint density at radius 2 is 2.00 bits per heavy atom. The Balaban J connectivity index is 2.61. The summed E-state index contributed by atoms with van der Waals surface area (Å²) in [5.74, 6) is 0. The van der Waals surface area contributed by atoms with E-state index in [0.29, 0.717) is 5.02 Å². The van der Waals surface area contributed by atoms with Crippen molar-refractivity contribution in [2.45, 2.75) is 33.3 Å². The van der Waals surface area contributed by atoms with Crippen molar-refractivity contribution in [3.8, 4) is 0 Å². The molecule has 0 radical (unpaired) electrons. The van der Waals surface area contributed by atoms with E-state index in [2.05, 4.69) is 15.9 Å². The van der Waals surface area contributed by atoms with Gasteiger partial charge in [-0.2, -0.15) is 0 Å². The summed E-state index contributed by atoms with van der Waals surface area (Å²) in [5.41, 5.74) is 1.05. The molecule has 5 heteroatoms. The highest BCUT2D eigenvalue weighted by Gasteiger charge is 2.23. The summed E-state index contributed by atoms with van der Waals surface area (Å²) >= 11 is 9.49. The number of ether oxygens (including phenoxy) is 1. The van der Waals surface area contributed by atoms with E-state index in [1.54, 1.807) is 10.6 Å². The van der Waals surface area contributed by atoms with Crippen LogP contribution in [0.2, 0.25) is 5.02 Å². The van der Waals surface area contributed by atoms with Crippen LogP contribution in [0.15, 0.2) is 22.7 Å². The zero-order valence-corrected chi connectivity index (χ0v) is 13.6. The van der Waals surface area contributed by atoms with Gasteiger partial charge in [0.1, 0.15) is 5.60 Å². The van der Waals surface area contributed by atoms with Crippen molar-refractivity contribution in [3.63, 3.8) is 0 Å². The summed E-state index contributed by atoms with van der Waals surface area (Å²) in [6.07, 6.45) is -0.386. The molecule has 0 aliphatic heterocycles. The first-order chi connectivity index (χ1) is 8.70. The predicted molar refractivity (Wildman–Crippen MR) is 81.0 cm³/mol. The smallest absolute Gasteiger partial charge is 0.419 e. The van der Waals surface area contributed by atoms with Gasteiger partial charge >= 0.3 is 6.09 Å². The molecular formula is C14H15BrClNO2. The quantitative estimate of drug-likeness (QED) is 0.662. The van der Waals surface area contributed by atoms with Crippen LogP contribution in [0.3, 0.4) is 0 Å². The molecule has 0 spiro atoms. The Labute approximate surface area is 125 Å². The minimum absolute atomic E-state index is 0.386. The lowest BCUT2D eigenvalue weighted by atomic mass is 10.2. The van der Waals surface area contributed by atoms with Crippen LogP contribution in [-0.4, -0.2) is 16.3 Å². The third-order valence-electron chi connectivity index (χ3n) is 2.67. The number of rotatable bonds is 0. The molecule has 1 aromatic carbocycles. The van der Waals surface area contributed by atoms with Gasteiger partial charge in [-0.15, -0.1) is 0 Å². The van der Waals surface area contributed by atoms with E-state index in [0.717, 1.165) is 21.1 Å². The van der Waals surface area contributed by atoms with Crippen LogP contribution < -0.4 is 0 Å². The van der Waals surface area contributed by atoms with Gasteiger partial charge in [0.2, 0.25) is 0 Å². The zero-order valence-electron chi connectivity index (χ0n) is 11.3. The summed E-state index contributed by atoms with van der Waals surface area (Å²) in [7, 11) is 0. The van der Waals surface area contributed by atoms with Crippen LogP contribution in [0, 0.1) is 6.92 Å². The lowest BCUT2D eigenvalue weighted by molar-refractivity contribution is 0.0541. The molecule has 0 unspecified atom stereocenters. The van der Waals surface area contributed by atoms with Gasteiger partial charge in [0.15, 0.2) is 0 Å². The first-order valence-corrected chi connectivity index (χ1v) is 7.07. The number of benzene rings is 1. The molecule has 0 aliphatic carbocycles. The second kappa shape index (κ2) is 4.84. The summed E-state index contributed by atoms with van der Waals surface area (Å²) in [5, 5.41) is 1.53. The average molecular weight is 345 g/mol. The molecular weight excluding hydrogens is 330 g/mol. The fraction of sp³-hybridized carbons (Fsp3) is 0.357. The minimum Gasteiger partial charge on any atom is -0.443 e. The molecule has 0 N–H and O–H groups in total. The van der Waals surface area contributed by atoms with E-state index in [1.807, 2.05) is 39.8 Å². The number of halogens is 2. The van der Waals surface area contributed by atoms with Gasteiger partial charge in [-0.25, -0.2) is 9.36 Å². The second-order valence-electron chi connectivity index (χ2n) is 5.38. The number of carbonyl (C=O) groups is 1. The van der Waals surface area contributed by atoms with Crippen molar-refractivity contribution < 1.29 is 9.53 Å². The number of hydrogen-bond donors (Lipinski definition) is 0. The lowest BCUT2D eigenvalue weighted by Gasteiger charge is -2.20. The maximum Gasteiger partial charge on any atom is 0.419 e. The van der Waals surface area contributed by atoms with Crippen LogP contribution in [0.25, 0.3) is 10.9 Å². The SMILES string of the molecule is Cc1c(Br)c2cc(Cl)ccc2n1C(=O)OC(C)(C)C. The monoisotopic (exact) mass is 343 g/mol. The van der Waals surface area contributed by atoms with E-state index >= 15 is 0 Å². The molecule has 0 aliphatic rings. The normalized spacial score (nSPS) is 11.9. The molecule has 0 amide bonds. The molecule has 0 saturated heterocycles. The van der Waals surface area contributed by atoms with Crippen molar-refractivity contribution in [2.75, 3.05) is 0 Å². The van der Waals surface area contributed by atoms with Crippen molar-refractivity contribution >= 4 is 44.5 Å². The molecule has 1 heterocycles. The Bertz CT molecular complexity index is 655. The van der Waals surface area contributed by atoms with Crippen LogP contribution in [0.5, 0.6) is 0 Å². The molecule has 0 fully saturated rings. The molecule has 0 saturated carbocycles. The highest BCUT2D eigenvalue weighted by Crippen LogP contribution is 2.33. The average Bonchev–Trinajstić information content (AvgIpc) is 2.50. The number of nitrogens with zero attached hydrogens (tertiary/aromatic N) is 1. The topological polar surface area (TPSA) is 31.2 Å².